The summed E-state index contributed by atoms with van der Waals surface area (Å²) >= 11 is 0. The standard InChI is InChI=1S/C14H20N2O4/c1-2-9-5-11(12(6-9)14(18)19)13(17)16-3-4-20-10(7-15)8-16/h9-12H,2-6,8H2,1H3,(H,18,19). The van der Waals surface area contributed by atoms with E-state index in [0.717, 1.165) is 6.42 Å². The molecule has 0 bridgehead atoms. The van der Waals surface area contributed by atoms with Crippen molar-refractivity contribution >= 4 is 11.9 Å². The molecule has 1 saturated carbocycles. The molecule has 1 aliphatic heterocycles. The predicted molar refractivity (Wildman–Crippen MR) is 69.6 cm³/mol. The van der Waals surface area contributed by atoms with Crippen molar-refractivity contribution in [1.82, 2.24) is 4.90 Å². The van der Waals surface area contributed by atoms with Gasteiger partial charge in [-0.2, -0.15) is 5.26 Å². The molecular weight excluding hydrogens is 260 g/mol. The maximum Gasteiger partial charge on any atom is 0.307 e. The normalized spacial score (nSPS) is 33.7. The summed E-state index contributed by atoms with van der Waals surface area (Å²) in [5, 5.41) is 18.2. The molecule has 1 saturated heterocycles. The molecule has 0 radical (unpaired) electrons. The Morgan fingerprint density at radius 3 is 2.70 bits per heavy atom. The minimum Gasteiger partial charge on any atom is -0.481 e. The van der Waals surface area contributed by atoms with E-state index in [-0.39, 0.29) is 12.5 Å². The summed E-state index contributed by atoms with van der Waals surface area (Å²) in [7, 11) is 0. The Morgan fingerprint density at radius 2 is 2.10 bits per heavy atom. The number of aliphatic carboxylic acids is 1. The Bertz CT molecular complexity index is 431. The number of rotatable bonds is 3. The van der Waals surface area contributed by atoms with Crippen molar-refractivity contribution in [3.05, 3.63) is 0 Å². The quantitative estimate of drug-likeness (QED) is 0.828. The molecule has 6 nitrogen and oxygen atoms in total. The molecular formula is C14H20N2O4. The topological polar surface area (TPSA) is 90.6 Å². The summed E-state index contributed by atoms with van der Waals surface area (Å²) in [6.07, 6.45) is 1.52. The molecule has 2 aliphatic rings. The van der Waals surface area contributed by atoms with Crippen LogP contribution in [0.2, 0.25) is 0 Å². The fraction of sp³-hybridized carbons (Fsp3) is 0.786. The first kappa shape index (κ1) is 14.8. The van der Waals surface area contributed by atoms with Gasteiger partial charge in [-0.25, -0.2) is 0 Å². The number of morpholine rings is 1. The number of nitriles is 1. The van der Waals surface area contributed by atoms with Crippen molar-refractivity contribution in [3.63, 3.8) is 0 Å². The van der Waals surface area contributed by atoms with Gasteiger partial charge in [0.1, 0.15) is 0 Å². The first-order valence-corrected chi connectivity index (χ1v) is 7.09. The van der Waals surface area contributed by atoms with E-state index in [2.05, 4.69) is 0 Å². The maximum atomic E-state index is 12.5. The maximum absolute atomic E-state index is 12.5. The highest BCUT2D eigenvalue weighted by molar-refractivity contribution is 5.85. The summed E-state index contributed by atoms with van der Waals surface area (Å²) in [4.78, 5) is 25.5. The number of amides is 1. The molecule has 2 rings (SSSR count). The van der Waals surface area contributed by atoms with Gasteiger partial charge >= 0.3 is 5.97 Å². The second-order valence-electron chi connectivity index (χ2n) is 5.57. The van der Waals surface area contributed by atoms with Crippen LogP contribution < -0.4 is 0 Å². The Morgan fingerprint density at radius 1 is 1.40 bits per heavy atom. The van der Waals surface area contributed by atoms with E-state index in [9.17, 15) is 14.7 Å². The fourth-order valence-corrected chi connectivity index (χ4v) is 3.18. The van der Waals surface area contributed by atoms with Gasteiger partial charge in [0.15, 0.2) is 6.10 Å². The van der Waals surface area contributed by atoms with E-state index in [1.54, 1.807) is 4.90 Å². The molecule has 4 atom stereocenters. The van der Waals surface area contributed by atoms with Crippen LogP contribution in [0.15, 0.2) is 0 Å². The highest BCUT2D eigenvalue weighted by Gasteiger charge is 2.44. The van der Waals surface area contributed by atoms with Gasteiger partial charge in [-0.05, 0) is 18.8 Å². The lowest BCUT2D eigenvalue weighted by Crippen LogP contribution is -2.48. The molecule has 110 valence electrons. The summed E-state index contributed by atoms with van der Waals surface area (Å²) in [6.45, 7) is 3.05. The van der Waals surface area contributed by atoms with Gasteiger partial charge < -0.3 is 14.7 Å². The van der Waals surface area contributed by atoms with Crippen LogP contribution in [-0.2, 0) is 14.3 Å². The zero-order valence-corrected chi connectivity index (χ0v) is 11.6. The molecule has 1 heterocycles. The molecule has 0 spiro atoms. The van der Waals surface area contributed by atoms with Gasteiger partial charge in [-0.3, -0.25) is 9.59 Å². The van der Waals surface area contributed by atoms with Gasteiger partial charge in [0.2, 0.25) is 5.91 Å². The highest BCUT2D eigenvalue weighted by atomic mass is 16.5. The fourth-order valence-electron chi connectivity index (χ4n) is 3.18. The van der Waals surface area contributed by atoms with Crippen molar-refractivity contribution in [2.24, 2.45) is 17.8 Å². The van der Waals surface area contributed by atoms with Crippen molar-refractivity contribution in [2.75, 3.05) is 19.7 Å². The van der Waals surface area contributed by atoms with E-state index in [1.165, 1.54) is 0 Å². The van der Waals surface area contributed by atoms with Gasteiger partial charge in [0, 0.05) is 6.54 Å². The summed E-state index contributed by atoms with van der Waals surface area (Å²) < 4.78 is 5.22. The first-order valence-electron chi connectivity index (χ1n) is 7.09. The number of carboxylic acids is 1. The third-order valence-electron chi connectivity index (χ3n) is 4.39. The third-order valence-corrected chi connectivity index (χ3v) is 4.39. The minimum absolute atomic E-state index is 0.128. The van der Waals surface area contributed by atoms with Gasteiger partial charge in [-0.1, -0.05) is 13.3 Å². The smallest absolute Gasteiger partial charge is 0.307 e. The number of hydrogen-bond acceptors (Lipinski definition) is 4. The van der Waals surface area contributed by atoms with Crippen molar-refractivity contribution in [2.45, 2.75) is 32.3 Å². The molecule has 0 aromatic rings. The number of carbonyl (C=O) groups is 2. The van der Waals surface area contributed by atoms with Gasteiger partial charge in [-0.15, -0.1) is 0 Å². The van der Waals surface area contributed by atoms with Crippen LogP contribution in [0.5, 0.6) is 0 Å². The van der Waals surface area contributed by atoms with E-state index in [4.69, 9.17) is 10.00 Å². The number of nitrogens with zero attached hydrogens (tertiary/aromatic N) is 2. The number of hydrogen-bond donors (Lipinski definition) is 1. The average molecular weight is 280 g/mol. The largest absolute Gasteiger partial charge is 0.481 e. The van der Waals surface area contributed by atoms with Crippen molar-refractivity contribution < 1.29 is 19.4 Å². The van der Waals surface area contributed by atoms with Crippen LogP contribution >= 0.6 is 0 Å². The van der Waals surface area contributed by atoms with E-state index >= 15 is 0 Å². The Balaban J connectivity index is 2.07. The number of carboxylic acid groups (broad SMARTS) is 1. The van der Waals surface area contributed by atoms with Crippen LogP contribution in [0.1, 0.15) is 26.2 Å². The predicted octanol–water partition coefficient (Wildman–Crippen LogP) is 0.874. The SMILES string of the molecule is CCC1CC(C(=O)O)C(C(=O)N2CCOC(C#N)C2)C1. The van der Waals surface area contributed by atoms with Gasteiger partial charge in [0.05, 0.1) is 31.1 Å². The van der Waals surface area contributed by atoms with Gasteiger partial charge in [0.25, 0.3) is 0 Å². The van der Waals surface area contributed by atoms with Crippen LogP contribution in [0.3, 0.4) is 0 Å². The highest BCUT2D eigenvalue weighted by Crippen LogP contribution is 2.39. The monoisotopic (exact) mass is 280 g/mol. The average Bonchev–Trinajstić information content (AvgIpc) is 2.91. The molecule has 1 N–H and O–H groups in total. The second kappa shape index (κ2) is 6.23. The Kier molecular flexibility index (Phi) is 4.61. The van der Waals surface area contributed by atoms with Crippen LogP contribution in [0.25, 0.3) is 0 Å². The number of carbonyl (C=O) groups excluding carboxylic acids is 1. The van der Waals surface area contributed by atoms with E-state index in [0.29, 0.717) is 31.9 Å². The Labute approximate surface area is 118 Å². The first-order chi connectivity index (χ1) is 9.56. The zero-order chi connectivity index (χ0) is 14.7. The Hall–Kier alpha value is -1.61. The lowest BCUT2D eigenvalue weighted by molar-refractivity contribution is -0.151. The van der Waals surface area contributed by atoms with Crippen molar-refractivity contribution in [1.29, 1.82) is 5.26 Å². The molecule has 20 heavy (non-hydrogen) atoms. The summed E-state index contributed by atoms with van der Waals surface area (Å²) in [5.74, 6) is -1.75. The molecule has 4 unspecified atom stereocenters. The molecule has 1 amide bonds. The second-order valence-corrected chi connectivity index (χ2v) is 5.57. The number of ether oxygens (including phenoxy) is 1. The third kappa shape index (κ3) is 2.93. The molecule has 0 aromatic heterocycles. The van der Waals surface area contributed by atoms with Crippen molar-refractivity contribution in [3.8, 4) is 6.07 Å². The van der Waals surface area contributed by atoms with E-state index < -0.39 is 23.9 Å². The summed E-state index contributed by atoms with van der Waals surface area (Å²) in [5.41, 5.74) is 0. The molecule has 0 aromatic carbocycles. The van der Waals surface area contributed by atoms with Crippen LogP contribution in [-0.4, -0.2) is 47.7 Å². The van der Waals surface area contributed by atoms with E-state index in [1.807, 2.05) is 13.0 Å². The lowest BCUT2D eigenvalue weighted by atomic mass is 9.94. The molecule has 6 heteroatoms. The summed E-state index contributed by atoms with van der Waals surface area (Å²) in [6, 6.07) is 2.00. The molecule has 1 aliphatic carbocycles. The zero-order valence-electron chi connectivity index (χ0n) is 11.6. The van der Waals surface area contributed by atoms with Crippen LogP contribution in [0, 0.1) is 29.1 Å². The molecule has 2 fully saturated rings. The van der Waals surface area contributed by atoms with Crippen LogP contribution in [0.4, 0.5) is 0 Å². The minimum atomic E-state index is -0.885. The lowest BCUT2D eigenvalue weighted by Gasteiger charge is -2.32.